The van der Waals surface area contributed by atoms with Crippen molar-refractivity contribution in [2.75, 3.05) is 20.3 Å². The molecule has 1 aromatic rings. The molecule has 0 spiro atoms. The zero-order valence-corrected chi connectivity index (χ0v) is 15.5. The number of hydrogen-bond acceptors (Lipinski definition) is 5. The van der Waals surface area contributed by atoms with Crippen LogP contribution < -0.4 is 14.8 Å². The lowest BCUT2D eigenvalue weighted by molar-refractivity contribution is -0.104. The smallest absolute Gasteiger partial charge is 0.407 e. The lowest BCUT2D eigenvalue weighted by Crippen LogP contribution is -2.33. The Balaban J connectivity index is 2.47. The minimum absolute atomic E-state index is 0.434. The number of hydrogen-bond donors (Lipinski definition) is 1. The Bertz CT molecular complexity index is 617. The summed E-state index contributed by atoms with van der Waals surface area (Å²) in [5, 5.41) is 2.68. The third kappa shape index (κ3) is 7.74. The molecule has 0 saturated heterocycles. The van der Waals surface area contributed by atoms with E-state index in [4.69, 9.17) is 14.2 Å². The Morgan fingerprint density at radius 2 is 2.00 bits per heavy atom. The van der Waals surface area contributed by atoms with E-state index in [1.54, 1.807) is 13.2 Å². The highest BCUT2D eigenvalue weighted by atomic mass is 16.6. The highest BCUT2D eigenvalue weighted by molar-refractivity contribution is 5.82. The van der Waals surface area contributed by atoms with E-state index >= 15 is 0 Å². The molecule has 0 atom stereocenters. The summed E-state index contributed by atoms with van der Waals surface area (Å²) in [5.41, 5.74) is 1.16. The molecule has 0 unspecified atom stereocenters. The molecule has 0 aromatic heterocycles. The summed E-state index contributed by atoms with van der Waals surface area (Å²) in [4.78, 5) is 22.1. The normalized spacial score (nSPS) is 11.6. The van der Waals surface area contributed by atoms with Crippen LogP contribution in [0.25, 0.3) is 5.57 Å². The maximum Gasteiger partial charge on any atom is 0.407 e. The number of amides is 1. The lowest BCUT2D eigenvalue weighted by Gasteiger charge is -2.19. The SMILES string of the molecule is COc1cc(OCCCNC(=O)OC(C)(C)C)ccc1/C(C)=C\C=O. The van der Waals surface area contributed by atoms with E-state index in [1.807, 2.05) is 39.8 Å². The molecule has 1 aromatic carbocycles. The molecule has 1 rings (SSSR count). The summed E-state index contributed by atoms with van der Waals surface area (Å²) < 4.78 is 16.2. The van der Waals surface area contributed by atoms with Gasteiger partial charge in [0.1, 0.15) is 23.4 Å². The Hall–Kier alpha value is -2.50. The van der Waals surface area contributed by atoms with Crippen LogP contribution in [0.4, 0.5) is 4.79 Å². The maximum atomic E-state index is 11.5. The molecule has 1 N–H and O–H groups in total. The van der Waals surface area contributed by atoms with E-state index in [0.29, 0.717) is 31.1 Å². The number of benzene rings is 1. The van der Waals surface area contributed by atoms with Crippen LogP contribution in [-0.2, 0) is 9.53 Å². The third-order valence-corrected chi connectivity index (χ3v) is 3.17. The fourth-order valence-electron chi connectivity index (χ4n) is 2.05. The van der Waals surface area contributed by atoms with Crippen LogP contribution in [0.2, 0.25) is 0 Å². The van der Waals surface area contributed by atoms with Gasteiger partial charge in [-0.1, -0.05) is 0 Å². The van der Waals surface area contributed by atoms with Crippen molar-refractivity contribution in [3.63, 3.8) is 0 Å². The summed E-state index contributed by atoms with van der Waals surface area (Å²) >= 11 is 0. The molecule has 25 heavy (non-hydrogen) atoms. The van der Waals surface area contributed by atoms with Crippen molar-refractivity contribution in [3.05, 3.63) is 29.8 Å². The number of carbonyl (C=O) groups is 2. The summed E-state index contributed by atoms with van der Waals surface area (Å²) in [7, 11) is 1.57. The summed E-state index contributed by atoms with van der Waals surface area (Å²) in [6, 6.07) is 5.45. The van der Waals surface area contributed by atoms with E-state index in [0.717, 1.165) is 17.4 Å². The van der Waals surface area contributed by atoms with Crippen LogP contribution in [-0.4, -0.2) is 38.2 Å². The molecule has 0 aliphatic carbocycles. The number of aldehydes is 1. The molecule has 0 bridgehead atoms. The number of nitrogens with one attached hydrogen (secondary N) is 1. The highest BCUT2D eigenvalue weighted by Gasteiger charge is 2.15. The van der Waals surface area contributed by atoms with Gasteiger partial charge in [0, 0.05) is 18.2 Å². The summed E-state index contributed by atoms with van der Waals surface area (Å²) in [6.45, 7) is 8.21. The van der Waals surface area contributed by atoms with Crippen molar-refractivity contribution in [2.45, 2.75) is 39.7 Å². The molecule has 0 heterocycles. The molecule has 0 saturated carbocycles. The van der Waals surface area contributed by atoms with Gasteiger partial charge < -0.3 is 19.5 Å². The van der Waals surface area contributed by atoms with Crippen LogP contribution >= 0.6 is 0 Å². The van der Waals surface area contributed by atoms with Gasteiger partial charge in [-0.25, -0.2) is 4.79 Å². The van der Waals surface area contributed by atoms with Crippen molar-refractivity contribution in [3.8, 4) is 11.5 Å². The minimum Gasteiger partial charge on any atom is -0.496 e. The standard InChI is InChI=1S/C19H27NO5/c1-14(9-11-21)16-8-7-15(13-17(16)23-5)24-12-6-10-20-18(22)25-19(2,3)4/h7-9,11,13H,6,10,12H2,1-5H3,(H,20,22)/b14-9-. The average molecular weight is 349 g/mol. The zero-order valence-electron chi connectivity index (χ0n) is 15.5. The van der Waals surface area contributed by atoms with Crippen LogP contribution in [0.1, 0.15) is 39.7 Å². The van der Waals surface area contributed by atoms with Crippen LogP contribution in [0.15, 0.2) is 24.3 Å². The molecular formula is C19H27NO5. The van der Waals surface area contributed by atoms with Crippen molar-refractivity contribution in [1.29, 1.82) is 0 Å². The molecular weight excluding hydrogens is 322 g/mol. The van der Waals surface area contributed by atoms with Gasteiger partial charge in [0.25, 0.3) is 0 Å². The summed E-state index contributed by atoms with van der Waals surface area (Å²) in [5.74, 6) is 1.30. The van der Waals surface area contributed by atoms with E-state index in [1.165, 1.54) is 6.08 Å². The second-order valence-electron chi connectivity index (χ2n) is 6.48. The van der Waals surface area contributed by atoms with Crippen molar-refractivity contribution < 1.29 is 23.8 Å². The van der Waals surface area contributed by atoms with Crippen LogP contribution in [0, 0.1) is 0 Å². The average Bonchev–Trinajstić information content (AvgIpc) is 2.52. The largest absolute Gasteiger partial charge is 0.496 e. The molecule has 6 nitrogen and oxygen atoms in total. The van der Waals surface area contributed by atoms with Gasteiger partial charge in [0.15, 0.2) is 0 Å². The van der Waals surface area contributed by atoms with Gasteiger partial charge in [-0.15, -0.1) is 0 Å². The number of carbonyl (C=O) groups excluding carboxylic acids is 2. The van der Waals surface area contributed by atoms with Gasteiger partial charge in [-0.2, -0.15) is 0 Å². The summed E-state index contributed by atoms with van der Waals surface area (Å²) in [6.07, 6.45) is 2.45. The molecule has 0 radical (unpaired) electrons. The fourth-order valence-corrected chi connectivity index (χ4v) is 2.05. The van der Waals surface area contributed by atoms with Crippen molar-refractivity contribution >= 4 is 18.0 Å². The zero-order chi connectivity index (χ0) is 18.9. The molecule has 6 heteroatoms. The van der Waals surface area contributed by atoms with Crippen molar-refractivity contribution in [1.82, 2.24) is 5.32 Å². The second-order valence-corrected chi connectivity index (χ2v) is 6.48. The van der Waals surface area contributed by atoms with Gasteiger partial charge in [0.05, 0.1) is 13.7 Å². The van der Waals surface area contributed by atoms with Crippen LogP contribution in [0.3, 0.4) is 0 Å². The fraction of sp³-hybridized carbons (Fsp3) is 0.474. The van der Waals surface area contributed by atoms with E-state index in [2.05, 4.69) is 5.32 Å². The quantitative estimate of drug-likeness (QED) is 0.441. The molecule has 0 fully saturated rings. The van der Waals surface area contributed by atoms with Gasteiger partial charge in [-0.05, 0) is 57.9 Å². The first-order valence-corrected chi connectivity index (χ1v) is 8.17. The number of alkyl carbamates (subject to hydrolysis) is 1. The lowest BCUT2D eigenvalue weighted by atomic mass is 10.1. The molecule has 0 aliphatic heterocycles. The monoisotopic (exact) mass is 349 g/mol. The molecule has 138 valence electrons. The van der Waals surface area contributed by atoms with Gasteiger partial charge >= 0.3 is 6.09 Å². The topological polar surface area (TPSA) is 73.9 Å². The predicted octanol–water partition coefficient (Wildman–Crippen LogP) is 3.59. The highest BCUT2D eigenvalue weighted by Crippen LogP contribution is 2.29. The Morgan fingerprint density at radius 3 is 2.60 bits per heavy atom. The maximum absolute atomic E-state index is 11.5. The second kappa shape index (κ2) is 9.71. The van der Waals surface area contributed by atoms with Gasteiger partial charge in [-0.3, -0.25) is 4.79 Å². The first-order valence-electron chi connectivity index (χ1n) is 8.17. The third-order valence-electron chi connectivity index (χ3n) is 3.17. The Labute approximate surface area is 149 Å². The number of methoxy groups -OCH3 is 1. The van der Waals surface area contributed by atoms with Crippen LogP contribution in [0.5, 0.6) is 11.5 Å². The minimum atomic E-state index is -0.505. The number of ether oxygens (including phenoxy) is 3. The van der Waals surface area contributed by atoms with E-state index in [-0.39, 0.29) is 0 Å². The van der Waals surface area contributed by atoms with Gasteiger partial charge in [0.2, 0.25) is 0 Å². The van der Waals surface area contributed by atoms with E-state index in [9.17, 15) is 9.59 Å². The molecule has 1 amide bonds. The van der Waals surface area contributed by atoms with E-state index < -0.39 is 11.7 Å². The van der Waals surface area contributed by atoms with Crippen molar-refractivity contribution in [2.24, 2.45) is 0 Å². The molecule has 0 aliphatic rings. The number of allylic oxidation sites excluding steroid dienone is 2. The first kappa shape index (κ1) is 20.5. The Morgan fingerprint density at radius 1 is 1.28 bits per heavy atom. The number of rotatable bonds is 8. The predicted molar refractivity (Wildman–Crippen MR) is 97.1 cm³/mol. The Kier molecular flexibility index (Phi) is 7.98. The first-order chi connectivity index (χ1) is 11.8.